The Labute approximate surface area is 132 Å². The lowest BCUT2D eigenvalue weighted by Crippen LogP contribution is -2.36. The molecule has 3 saturated heterocycles. The molecule has 0 N–H and O–H groups in total. The maximum atomic E-state index is 12.7. The van der Waals surface area contributed by atoms with Crippen molar-refractivity contribution in [3.05, 3.63) is 30.3 Å². The second kappa shape index (κ2) is 6.01. The fourth-order valence-electron chi connectivity index (χ4n) is 4.26. The number of likely N-dealkylation sites (tertiary alicyclic amines) is 2. The van der Waals surface area contributed by atoms with E-state index in [0.29, 0.717) is 11.8 Å². The molecule has 4 nitrogen and oxygen atoms in total. The lowest BCUT2D eigenvalue weighted by molar-refractivity contribution is -0.120. The molecule has 1 aromatic carbocycles. The highest BCUT2D eigenvalue weighted by Gasteiger charge is 2.46. The Hall–Kier alpha value is -1.39. The molecule has 0 bridgehead atoms. The Bertz CT molecular complexity index is 526. The highest BCUT2D eigenvalue weighted by molar-refractivity contribution is 5.98. The molecular formula is C18H25N3O. The normalized spacial score (nSPS) is 29.5. The third kappa shape index (κ3) is 2.66. The quantitative estimate of drug-likeness (QED) is 0.846. The lowest BCUT2D eigenvalue weighted by Gasteiger charge is -2.23. The van der Waals surface area contributed by atoms with E-state index in [1.54, 1.807) is 0 Å². The molecule has 0 aliphatic carbocycles. The Morgan fingerprint density at radius 2 is 1.64 bits per heavy atom. The Morgan fingerprint density at radius 3 is 2.36 bits per heavy atom. The summed E-state index contributed by atoms with van der Waals surface area (Å²) in [6.07, 6.45) is 2.71. The highest BCUT2D eigenvalue weighted by atomic mass is 16.2. The van der Waals surface area contributed by atoms with E-state index in [9.17, 15) is 4.79 Å². The molecule has 0 spiro atoms. The zero-order valence-electron chi connectivity index (χ0n) is 13.2. The van der Waals surface area contributed by atoms with Gasteiger partial charge in [-0.2, -0.15) is 0 Å². The summed E-state index contributed by atoms with van der Waals surface area (Å²) < 4.78 is 0. The fourth-order valence-corrected chi connectivity index (χ4v) is 4.26. The van der Waals surface area contributed by atoms with Crippen molar-refractivity contribution in [2.24, 2.45) is 11.8 Å². The summed E-state index contributed by atoms with van der Waals surface area (Å²) in [5.74, 6) is 1.07. The zero-order valence-corrected chi connectivity index (χ0v) is 13.2. The van der Waals surface area contributed by atoms with Crippen LogP contribution in [0.25, 0.3) is 0 Å². The minimum absolute atomic E-state index is 0.221. The van der Waals surface area contributed by atoms with Crippen molar-refractivity contribution in [3.8, 4) is 0 Å². The number of fused-ring (bicyclic) bond motifs is 1. The third-order valence-corrected chi connectivity index (χ3v) is 5.52. The van der Waals surface area contributed by atoms with Gasteiger partial charge in [-0.3, -0.25) is 4.79 Å². The van der Waals surface area contributed by atoms with Gasteiger partial charge in [0.15, 0.2) is 0 Å². The summed E-state index contributed by atoms with van der Waals surface area (Å²) in [5.41, 5.74) is 1.06. The summed E-state index contributed by atoms with van der Waals surface area (Å²) in [4.78, 5) is 19.7. The van der Waals surface area contributed by atoms with Gasteiger partial charge < -0.3 is 14.7 Å². The van der Waals surface area contributed by atoms with Gasteiger partial charge in [-0.05, 0) is 38.1 Å². The molecule has 1 aromatic rings. The standard InChI is InChI=1S/C18H25N3O/c22-18-17-14-20(11-10-19-8-4-5-9-19)12-15(17)13-21(18)16-6-2-1-3-7-16/h1-3,6-7,15,17H,4-5,8-14H2/t15-,17-/m0/s1. The predicted molar refractivity (Wildman–Crippen MR) is 87.9 cm³/mol. The van der Waals surface area contributed by atoms with Crippen LogP contribution >= 0.6 is 0 Å². The third-order valence-electron chi connectivity index (χ3n) is 5.52. The van der Waals surface area contributed by atoms with E-state index in [-0.39, 0.29) is 5.92 Å². The van der Waals surface area contributed by atoms with Crippen LogP contribution in [0.1, 0.15) is 12.8 Å². The number of nitrogens with zero attached hydrogens (tertiary/aromatic N) is 3. The number of anilines is 1. The Morgan fingerprint density at radius 1 is 0.909 bits per heavy atom. The molecule has 0 saturated carbocycles. The van der Waals surface area contributed by atoms with Crippen LogP contribution in [0.4, 0.5) is 5.69 Å². The molecule has 0 aromatic heterocycles. The monoisotopic (exact) mass is 299 g/mol. The van der Waals surface area contributed by atoms with E-state index in [2.05, 4.69) is 9.80 Å². The van der Waals surface area contributed by atoms with Crippen LogP contribution < -0.4 is 4.90 Å². The summed E-state index contributed by atoms with van der Waals surface area (Å²) in [6.45, 7) is 7.78. The van der Waals surface area contributed by atoms with Crippen LogP contribution in [0.2, 0.25) is 0 Å². The van der Waals surface area contributed by atoms with E-state index >= 15 is 0 Å². The molecule has 3 heterocycles. The van der Waals surface area contributed by atoms with Gasteiger partial charge >= 0.3 is 0 Å². The first-order chi connectivity index (χ1) is 10.8. The lowest BCUT2D eigenvalue weighted by atomic mass is 10.0. The number of carbonyl (C=O) groups is 1. The second-order valence-electron chi connectivity index (χ2n) is 6.96. The van der Waals surface area contributed by atoms with E-state index in [1.807, 2.05) is 35.2 Å². The number of amides is 1. The summed E-state index contributed by atoms with van der Waals surface area (Å²) in [5, 5.41) is 0. The first kappa shape index (κ1) is 14.2. The maximum absolute atomic E-state index is 12.7. The molecule has 0 unspecified atom stereocenters. The van der Waals surface area contributed by atoms with Crippen LogP contribution in [-0.4, -0.2) is 61.5 Å². The van der Waals surface area contributed by atoms with Crippen LogP contribution in [-0.2, 0) is 4.79 Å². The van der Waals surface area contributed by atoms with E-state index in [0.717, 1.165) is 31.9 Å². The topological polar surface area (TPSA) is 26.8 Å². The zero-order chi connectivity index (χ0) is 14.9. The van der Waals surface area contributed by atoms with Gasteiger partial charge in [-0.25, -0.2) is 0 Å². The SMILES string of the molecule is O=C1[C@H]2CN(CCN3CCCC3)C[C@H]2CN1c1ccccc1. The molecule has 3 aliphatic heterocycles. The van der Waals surface area contributed by atoms with Gasteiger partial charge in [0.2, 0.25) is 5.91 Å². The van der Waals surface area contributed by atoms with Gasteiger partial charge in [0, 0.05) is 44.3 Å². The van der Waals surface area contributed by atoms with Gasteiger partial charge in [0.05, 0.1) is 5.92 Å². The van der Waals surface area contributed by atoms with Crippen molar-refractivity contribution in [2.75, 3.05) is 50.7 Å². The molecule has 4 rings (SSSR count). The predicted octanol–water partition coefficient (Wildman–Crippen LogP) is 1.68. The number of hydrogen-bond donors (Lipinski definition) is 0. The van der Waals surface area contributed by atoms with Crippen molar-refractivity contribution in [1.29, 1.82) is 0 Å². The molecule has 118 valence electrons. The molecule has 0 radical (unpaired) electrons. The molecular weight excluding hydrogens is 274 g/mol. The summed E-state index contributed by atoms with van der Waals surface area (Å²) in [6, 6.07) is 10.1. The van der Waals surface area contributed by atoms with Crippen molar-refractivity contribution in [1.82, 2.24) is 9.80 Å². The highest BCUT2D eigenvalue weighted by Crippen LogP contribution is 2.34. The summed E-state index contributed by atoms with van der Waals surface area (Å²) >= 11 is 0. The number of hydrogen-bond acceptors (Lipinski definition) is 3. The van der Waals surface area contributed by atoms with Gasteiger partial charge in [0.25, 0.3) is 0 Å². The van der Waals surface area contributed by atoms with Gasteiger partial charge in [-0.1, -0.05) is 18.2 Å². The first-order valence-corrected chi connectivity index (χ1v) is 8.62. The first-order valence-electron chi connectivity index (χ1n) is 8.62. The van der Waals surface area contributed by atoms with Crippen LogP contribution in [0, 0.1) is 11.8 Å². The molecule has 4 heteroatoms. The number of benzene rings is 1. The molecule has 1 amide bonds. The fraction of sp³-hybridized carbons (Fsp3) is 0.611. The second-order valence-corrected chi connectivity index (χ2v) is 6.96. The number of carbonyl (C=O) groups excluding carboxylic acids is 1. The van der Waals surface area contributed by atoms with Crippen LogP contribution in [0.3, 0.4) is 0 Å². The van der Waals surface area contributed by atoms with E-state index < -0.39 is 0 Å². The van der Waals surface area contributed by atoms with Crippen LogP contribution in [0.5, 0.6) is 0 Å². The largest absolute Gasteiger partial charge is 0.312 e. The molecule has 2 atom stereocenters. The maximum Gasteiger partial charge on any atom is 0.231 e. The van der Waals surface area contributed by atoms with Crippen LogP contribution in [0.15, 0.2) is 30.3 Å². The van der Waals surface area contributed by atoms with Gasteiger partial charge in [-0.15, -0.1) is 0 Å². The Kier molecular flexibility index (Phi) is 3.89. The summed E-state index contributed by atoms with van der Waals surface area (Å²) in [7, 11) is 0. The van der Waals surface area contributed by atoms with Crippen molar-refractivity contribution < 1.29 is 4.79 Å². The molecule has 3 fully saturated rings. The number of rotatable bonds is 4. The van der Waals surface area contributed by atoms with E-state index in [1.165, 1.54) is 32.5 Å². The average molecular weight is 299 g/mol. The smallest absolute Gasteiger partial charge is 0.231 e. The number of para-hydroxylation sites is 1. The average Bonchev–Trinajstić information content (AvgIpc) is 3.25. The molecule has 3 aliphatic rings. The molecule has 22 heavy (non-hydrogen) atoms. The minimum atomic E-state index is 0.221. The van der Waals surface area contributed by atoms with Crippen molar-refractivity contribution in [2.45, 2.75) is 12.8 Å². The Balaban J connectivity index is 1.34. The van der Waals surface area contributed by atoms with Crippen molar-refractivity contribution in [3.63, 3.8) is 0 Å². The van der Waals surface area contributed by atoms with Gasteiger partial charge in [0.1, 0.15) is 0 Å². The van der Waals surface area contributed by atoms with E-state index in [4.69, 9.17) is 0 Å². The minimum Gasteiger partial charge on any atom is -0.312 e. The van der Waals surface area contributed by atoms with Crippen molar-refractivity contribution >= 4 is 11.6 Å².